The van der Waals surface area contributed by atoms with E-state index in [9.17, 15) is 14.9 Å². The summed E-state index contributed by atoms with van der Waals surface area (Å²) in [6, 6.07) is 6.78. The number of amides is 1. The quantitative estimate of drug-likeness (QED) is 0.793. The van der Waals surface area contributed by atoms with Crippen molar-refractivity contribution in [3.8, 4) is 17.6 Å². The van der Waals surface area contributed by atoms with Crippen molar-refractivity contribution >= 4 is 11.9 Å². The molecule has 1 aromatic carbocycles. The Morgan fingerprint density at radius 1 is 1.20 bits per heavy atom. The van der Waals surface area contributed by atoms with Crippen LogP contribution in [0.3, 0.4) is 0 Å². The summed E-state index contributed by atoms with van der Waals surface area (Å²) in [5.74, 6) is -0.193. The summed E-state index contributed by atoms with van der Waals surface area (Å²) in [6.07, 6.45) is 4.26. The van der Waals surface area contributed by atoms with Crippen LogP contribution in [0.15, 0.2) is 18.2 Å². The molecule has 0 bridgehead atoms. The summed E-state index contributed by atoms with van der Waals surface area (Å²) in [5, 5.41) is 12.2. The molecule has 0 spiro atoms. The van der Waals surface area contributed by atoms with Gasteiger partial charge in [-0.05, 0) is 31.0 Å². The predicted octanol–water partition coefficient (Wildman–Crippen LogP) is 2.20. The zero-order chi connectivity index (χ0) is 18.3. The SMILES string of the molecule is COC(=O)c1ccc(OCC(=O)NC2(C#N)CCCCC2)c(OC)c1. The molecule has 25 heavy (non-hydrogen) atoms. The Kier molecular flexibility index (Phi) is 6.23. The van der Waals surface area contributed by atoms with Crippen LogP contribution in [0.25, 0.3) is 0 Å². The maximum Gasteiger partial charge on any atom is 0.337 e. The molecule has 7 heteroatoms. The number of nitrogens with zero attached hydrogens (tertiary/aromatic N) is 1. The highest BCUT2D eigenvalue weighted by Gasteiger charge is 2.33. The smallest absolute Gasteiger partial charge is 0.337 e. The normalized spacial score (nSPS) is 15.6. The van der Waals surface area contributed by atoms with Crippen LogP contribution in [0.5, 0.6) is 11.5 Å². The van der Waals surface area contributed by atoms with E-state index in [1.54, 1.807) is 6.07 Å². The first-order chi connectivity index (χ1) is 12.0. The van der Waals surface area contributed by atoms with E-state index in [-0.39, 0.29) is 12.5 Å². The zero-order valence-corrected chi connectivity index (χ0v) is 14.5. The lowest BCUT2D eigenvalue weighted by atomic mass is 9.83. The van der Waals surface area contributed by atoms with Crippen LogP contribution < -0.4 is 14.8 Å². The first kappa shape index (κ1) is 18.6. The summed E-state index contributed by atoms with van der Waals surface area (Å²) < 4.78 is 15.3. The molecule has 1 aliphatic carbocycles. The van der Waals surface area contributed by atoms with Crippen molar-refractivity contribution in [1.29, 1.82) is 5.26 Å². The standard InChI is InChI=1S/C18H22N2O5/c1-23-15-10-13(17(22)24-2)6-7-14(15)25-11-16(21)20-18(12-19)8-4-3-5-9-18/h6-7,10H,3-5,8-9,11H2,1-2H3,(H,20,21). The van der Waals surface area contributed by atoms with E-state index >= 15 is 0 Å². The van der Waals surface area contributed by atoms with Crippen molar-refractivity contribution < 1.29 is 23.8 Å². The Morgan fingerprint density at radius 3 is 2.52 bits per heavy atom. The molecule has 7 nitrogen and oxygen atoms in total. The molecule has 2 rings (SSSR count). The van der Waals surface area contributed by atoms with Crippen LogP contribution in [-0.2, 0) is 9.53 Å². The molecule has 0 unspecified atom stereocenters. The number of hydrogen-bond acceptors (Lipinski definition) is 6. The molecule has 0 radical (unpaired) electrons. The molecule has 0 heterocycles. The average Bonchev–Trinajstić information content (AvgIpc) is 2.66. The van der Waals surface area contributed by atoms with E-state index in [4.69, 9.17) is 9.47 Å². The van der Waals surface area contributed by atoms with Gasteiger partial charge in [-0.25, -0.2) is 4.79 Å². The summed E-state index contributed by atoms with van der Waals surface area (Å²) >= 11 is 0. The van der Waals surface area contributed by atoms with E-state index in [1.807, 2.05) is 0 Å². The fourth-order valence-corrected chi connectivity index (χ4v) is 2.90. The Hall–Kier alpha value is -2.75. The van der Waals surface area contributed by atoms with E-state index in [0.29, 0.717) is 29.9 Å². The Labute approximate surface area is 146 Å². The van der Waals surface area contributed by atoms with Gasteiger partial charge in [-0.3, -0.25) is 4.79 Å². The van der Waals surface area contributed by atoms with Gasteiger partial charge in [-0.2, -0.15) is 5.26 Å². The molecule has 0 aliphatic heterocycles. The predicted molar refractivity (Wildman–Crippen MR) is 89.4 cm³/mol. The van der Waals surface area contributed by atoms with Crippen molar-refractivity contribution in [1.82, 2.24) is 5.32 Å². The maximum absolute atomic E-state index is 12.2. The summed E-state index contributed by atoms with van der Waals surface area (Å²) in [7, 11) is 2.73. The third-order valence-corrected chi connectivity index (χ3v) is 4.24. The van der Waals surface area contributed by atoms with Gasteiger partial charge in [0.05, 0.1) is 25.9 Å². The number of nitriles is 1. The minimum Gasteiger partial charge on any atom is -0.493 e. The van der Waals surface area contributed by atoms with Crippen molar-refractivity contribution in [2.45, 2.75) is 37.6 Å². The van der Waals surface area contributed by atoms with Gasteiger partial charge in [-0.1, -0.05) is 19.3 Å². The molecule has 0 aromatic heterocycles. The molecule has 1 fully saturated rings. The van der Waals surface area contributed by atoms with Crippen molar-refractivity contribution in [2.24, 2.45) is 0 Å². The molecular weight excluding hydrogens is 324 g/mol. The van der Waals surface area contributed by atoms with E-state index in [2.05, 4.69) is 16.1 Å². The lowest BCUT2D eigenvalue weighted by molar-refractivity contribution is -0.124. The second kappa shape index (κ2) is 8.38. The van der Waals surface area contributed by atoms with E-state index in [0.717, 1.165) is 19.3 Å². The van der Waals surface area contributed by atoms with Gasteiger partial charge in [0.1, 0.15) is 5.54 Å². The highest BCUT2D eigenvalue weighted by Crippen LogP contribution is 2.29. The largest absolute Gasteiger partial charge is 0.493 e. The average molecular weight is 346 g/mol. The second-order valence-corrected chi connectivity index (χ2v) is 5.95. The Bertz CT molecular complexity index is 675. The molecule has 134 valence electrons. The highest BCUT2D eigenvalue weighted by atomic mass is 16.5. The summed E-state index contributed by atoms with van der Waals surface area (Å²) in [6.45, 7) is -0.239. The number of nitrogens with one attached hydrogen (secondary N) is 1. The number of benzene rings is 1. The molecule has 1 aliphatic rings. The first-order valence-electron chi connectivity index (χ1n) is 8.15. The lowest BCUT2D eigenvalue weighted by Crippen LogP contribution is -2.50. The fraction of sp³-hybridized carbons (Fsp3) is 0.500. The molecule has 1 aromatic rings. The number of methoxy groups -OCH3 is 2. The third-order valence-electron chi connectivity index (χ3n) is 4.24. The fourth-order valence-electron chi connectivity index (χ4n) is 2.90. The van der Waals surface area contributed by atoms with Gasteiger partial charge in [0.15, 0.2) is 18.1 Å². The molecule has 0 atom stereocenters. The topological polar surface area (TPSA) is 97.6 Å². The van der Waals surface area contributed by atoms with Crippen LogP contribution in [-0.4, -0.2) is 38.2 Å². The van der Waals surface area contributed by atoms with Gasteiger partial charge in [0, 0.05) is 0 Å². The molecule has 1 amide bonds. The van der Waals surface area contributed by atoms with E-state index in [1.165, 1.54) is 26.4 Å². The van der Waals surface area contributed by atoms with Gasteiger partial charge in [0.25, 0.3) is 5.91 Å². The number of rotatable bonds is 6. The number of ether oxygens (including phenoxy) is 3. The monoisotopic (exact) mass is 346 g/mol. The Balaban J connectivity index is 1.99. The van der Waals surface area contributed by atoms with Crippen LogP contribution in [0.4, 0.5) is 0 Å². The minimum absolute atomic E-state index is 0.239. The molecular formula is C18H22N2O5. The van der Waals surface area contributed by atoms with Crippen molar-refractivity contribution in [2.75, 3.05) is 20.8 Å². The van der Waals surface area contributed by atoms with Crippen LogP contribution >= 0.6 is 0 Å². The third kappa shape index (κ3) is 4.63. The van der Waals surface area contributed by atoms with Gasteiger partial charge < -0.3 is 19.5 Å². The lowest BCUT2D eigenvalue weighted by Gasteiger charge is -2.31. The molecule has 1 N–H and O–H groups in total. The minimum atomic E-state index is -0.794. The summed E-state index contributed by atoms with van der Waals surface area (Å²) in [4.78, 5) is 23.7. The second-order valence-electron chi connectivity index (χ2n) is 5.95. The first-order valence-corrected chi connectivity index (χ1v) is 8.15. The number of esters is 1. The maximum atomic E-state index is 12.2. The number of carbonyl (C=O) groups is 2. The van der Waals surface area contributed by atoms with Crippen LogP contribution in [0, 0.1) is 11.3 Å². The van der Waals surface area contributed by atoms with Gasteiger partial charge >= 0.3 is 5.97 Å². The summed E-state index contributed by atoms with van der Waals surface area (Å²) in [5.41, 5.74) is -0.473. The van der Waals surface area contributed by atoms with E-state index < -0.39 is 11.5 Å². The zero-order valence-electron chi connectivity index (χ0n) is 14.5. The molecule has 0 saturated heterocycles. The number of hydrogen-bond donors (Lipinski definition) is 1. The molecule has 1 saturated carbocycles. The Morgan fingerprint density at radius 2 is 1.92 bits per heavy atom. The van der Waals surface area contributed by atoms with Crippen molar-refractivity contribution in [3.05, 3.63) is 23.8 Å². The van der Waals surface area contributed by atoms with Crippen LogP contribution in [0.2, 0.25) is 0 Å². The number of carbonyl (C=O) groups excluding carboxylic acids is 2. The van der Waals surface area contributed by atoms with Crippen molar-refractivity contribution in [3.63, 3.8) is 0 Å². The van der Waals surface area contributed by atoms with Gasteiger partial charge in [0.2, 0.25) is 0 Å². The van der Waals surface area contributed by atoms with Crippen LogP contribution in [0.1, 0.15) is 42.5 Å². The highest BCUT2D eigenvalue weighted by molar-refractivity contribution is 5.90. The van der Waals surface area contributed by atoms with Gasteiger partial charge in [-0.15, -0.1) is 0 Å².